The van der Waals surface area contributed by atoms with E-state index < -0.39 is 0 Å². The fraction of sp³-hybridized carbons (Fsp3) is 1.00. The van der Waals surface area contributed by atoms with Gasteiger partial charge >= 0.3 is 7.12 Å². The summed E-state index contributed by atoms with van der Waals surface area (Å²) in [6.45, 7) is 10.8. The summed E-state index contributed by atoms with van der Waals surface area (Å²) in [5, 5.41) is -0.0406. The Morgan fingerprint density at radius 3 is 1.87 bits per heavy atom. The van der Waals surface area contributed by atoms with Gasteiger partial charge in [-0.3, -0.25) is 0 Å². The van der Waals surface area contributed by atoms with Gasteiger partial charge < -0.3 is 9.31 Å². The molecule has 1 heterocycles. The maximum atomic E-state index is 6.54. The van der Waals surface area contributed by atoms with Crippen molar-refractivity contribution in [3.63, 3.8) is 0 Å². The Bertz CT molecular complexity index is 364. The van der Waals surface area contributed by atoms with Gasteiger partial charge in [0.1, 0.15) is 0 Å². The second kappa shape index (κ2) is 7.52. The van der Waals surface area contributed by atoms with Crippen LogP contribution in [0.1, 0.15) is 98.8 Å². The molecule has 2 fully saturated rings. The second-order valence-corrected chi connectivity index (χ2v) is 9.24. The van der Waals surface area contributed by atoms with Gasteiger partial charge in [0.15, 0.2) is 0 Å². The molecular formula is C19H36B2O2. The first kappa shape index (κ1) is 19.4. The minimum atomic E-state index is -0.229. The molecule has 2 unspecified atom stereocenters. The fourth-order valence-corrected chi connectivity index (χ4v) is 3.78. The van der Waals surface area contributed by atoms with E-state index in [0.29, 0.717) is 5.82 Å². The minimum Gasteiger partial charge on any atom is -0.403 e. The number of hydrogen-bond acceptors (Lipinski definition) is 2. The molecule has 0 N–H and O–H groups in total. The molecule has 2 nitrogen and oxygen atoms in total. The third-order valence-electron chi connectivity index (χ3n) is 6.32. The normalized spacial score (nSPS) is 36.2. The van der Waals surface area contributed by atoms with Gasteiger partial charge in [-0.05, 0) is 33.5 Å². The van der Waals surface area contributed by atoms with Crippen LogP contribution in [-0.4, -0.2) is 26.2 Å². The molecule has 0 bridgehead atoms. The lowest BCUT2D eigenvalue weighted by atomic mass is 9.59. The van der Waals surface area contributed by atoms with E-state index in [0.717, 1.165) is 19.3 Å². The van der Waals surface area contributed by atoms with Crippen LogP contribution in [0.3, 0.4) is 0 Å². The average molecular weight is 318 g/mol. The van der Waals surface area contributed by atoms with E-state index in [1.807, 2.05) is 0 Å². The van der Waals surface area contributed by atoms with E-state index in [-0.39, 0.29) is 23.6 Å². The summed E-state index contributed by atoms with van der Waals surface area (Å²) in [6.07, 6.45) is 12.5. The number of hydrogen-bond donors (Lipinski definition) is 0. The van der Waals surface area contributed by atoms with Crippen molar-refractivity contribution >= 4 is 15.0 Å². The zero-order valence-corrected chi connectivity index (χ0v) is 16.1. The third-order valence-corrected chi connectivity index (χ3v) is 6.32. The summed E-state index contributed by atoms with van der Waals surface area (Å²) in [5.74, 6) is 0.471. The molecule has 2 aliphatic rings. The van der Waals surface area contributed by atoms with Gasteiger partial charge in [-0.25, -0.2) is 0 Å². The van der Waals surface area contributed by atoms with E-state index in [1.165, 1.54) is 44.9 Å². The van der Waals surface area contributed by atoms with Crippen LogP contribution in [0.2, 0.25) is 11.1 Å². The molecule has 2 rings (SSSR count). The first-order valence-electron chi connectivity index (χ1n) is 9.78. The Morgan fingerprint density at radius 1 is 0.739 bits per heavy atom. The molecule has 1 aliphatic carbocycles. The van der Waals surface area contributed by atoms with E-state index in [4.69, 9.17) is 17.2 Å². The fourth-order valence-electron chi connectivity index (χ4n) is 3.78. The maximum absolute atomic E-state index is 6.54. The van der Waals surface area contributed by atoms with Crippen LogP contribution in [0, 0.1) is 0 Å². The lowest BCUT2D eigenvalue weighted by Crippen LogP contribution is -2.41. The van der Waals surface area contributed by atoms with Crippen LogP contribution in [0.5, 0.6) is 0 Å². The second-order valence-electron chi connectivity index (χ2n) is 9.24. The molecule has 0 spiro atoms. The summed E-state index contributed by atoms with van der Waals surface area (Å²) in [4.78, 5) is 0. The van der Waals surface area contributed by atoms with Crippen LogP contribution in [-0.2, 0) is 9.31 Å². The van der Waals surface area contributed by atoms with Crippen molar-refractivity contribution in [1.29, 1.82) is 0 Å². The van der Waals surface area contributed by atoms with E-state index in [2.05, 4.69) is 34.6 Å². The number of rotatable bonds is 1. The smallest absolute Gasteiger partial charge is 0.403 e. The first-order valence-corrected chi connectivity index (χ1v) is 9.78. The highest BCUT2D eigenvalue weighted by Crippen LogP contribution is 2.45. The van der Waals surface area contributed by atoms with Crippen LogP contribution in [0.15, 0.2) is 0 Å². The molecule has 0 aromatic heterocycles. The predicted octanol–water partition coefficient (Wildman–Crippen LogP) is 5.71. The van der Waals surface area contributed by atoms with E-state index in [9.17, 15) is 0 Å². The van der Waals surface area contributed by atoms with Crippen molar-refractivity contribution in [3.8, 4) is 0 Å². The first-order chi connectivity index (χ1) is 10.6. The molecule has 1 aliphatic heterocycles. The highest BCUT2D eigenvalue weighted by molar-refractivity contribution is 6.47. The molecule has 2 radical (unpaired) electrons. The Labute approximate surface area is 146 Å². The SMILES string of the molecule is [B]C1(C)CCCCCCCCC(B2OC(C)(C)C(C)(C)O2)CC1. The van der Waals surface area contributed by atoms with Crippen molar-refractivity contribution in [2.24, 2.45) is 0 Å². The summed E-state index contributed by atoms with van der Waals surface area (Å²) in [6, 6.07) is 0. The molecule has 0 aromatic carbocycles. The molecule has 130 valence electrons. The van der Waals surface area contributed by atoms with Crippen molar-refractivity contribution in [1.82, 2.24) is 0 Å². The Hall–Kier alpha value is 0.0499. The summed E-state index contributed by atoms with van der Waals surface area (Å²) < 4.78 is 12.7. The maximum Gasteiger partial charge on any atom is 0.461 e. The van der Waals surface area contributed by atoms with Crippen LogP contribution in [0.4, 0.5) is 0 Å². The Kier molecular flexibility index (Phi) is 6.33. The van der Waals surface area contributed by atoms with Crippen LogP contribution < -0.4 is 0 Å². The van der Waals surface area contributed by atoms with Crippen molar-refractivity contribution in [2.75, 3.05) is 0 Å². The van der Waals surface area contributed by atoms with Gasteiger partial charge in [0.2, 0.25) is 0 Å². The minimum absolute atomic E-state index is 0.0406. The quantitative estimate of drug-likeness (QED) is 0.576. The molecule has 23 heavy (non-hydrogen) atoms. The largest absolute Gasteiger partial charge is 0.461 e. The summed E-state index contributed by atoms with van der Waals surface area (Å²) in [7, 11) is 6.47. The molecule has 1 saturated carbocycles. The Morgan fingerprint density at radius 2 is 1.26 bits per heavy atom. The zero-order valence-electron chi connectivity index (χ0n) is 16.1. The summed E-state index contributed by atoms with van der Waals surface area (Å²) in [5.41, 5.74) is -0.458. The molecule has 1 saturated heterocycles. The molecule has 2 atom stereocenters. The van der Waals surface area contributed by atoms with E-state index in [1.54, 1.807) is 0 Å². The van der Waals surface area contributed by atoms with Crippen molar-refractivity contribution < 1.29 is 9.31 Å². The highest BCUT2D eigenvalue weighted by atomic mass is 16.7. The Balaban J connectivity index is 2.02. The topological polar surface area (TPSA) is 18.5 Å². The lowest BCUT2D eigenvalue weighted by Gasteiger charge is -2.32. The lowest BCUT2D eigenvalue weighted by molar-refractivity contribution is 0.00578. The van der Waals surface area contributed by atoms with Gasteiger partial charge in [-0.1, -0.05) is 76.4 Å². The standard InChI is InChI=1S/C19H36B2O2/c1-17(2)18(3,4)23-21(22-17)16-12-10-8-6-7-9-11-14-19(5,20)15-13-16/h16H,6-15H2,1-5H3. The van der Waals surface area contributed by atoms with Gasteiger partial charge in [-0.15, -0.1) is 0 Å². The highest BCUT2D eigenvalue weighted by Gasteiger charge is 2.53. The molecule has 4 heteroatoms. The predicted molar refractivity (Wildman–Crippen MR) is 100 cm³/mol. The summed E-state index contributed by atoms with van der Waals surface area (Å²) >= 11 is 0. The van der Waals surface area contributed by atoms with E-state index >= 15 is 0 Å². The molecule has 0 amide bonds. The average Bonchev–Trinajstić information content (AvgIpc) is 2.63. The van der Waals surface area contributed by atoms with Crippen LogP contribution >= 0.6 is 0 Å². The van der Waals surface area contributed by atoms with Crippen molar-refractivity contribution in [3.05, 3.63) is 0 Å². The monoisotopic (exact) mass is 318 g/mol. The molecule has 0 aromatic rings. The zero-order chi connectivity index (χ0) is 17.1. The third kappa shape index (κ3) is 5.26. The van der Waals surface area contributed by atoms with Gasteiger partial charge in [0, 0.05) is 0 Å². The van der Waals surface area contributed by atoms with Gasteiger partial charge in [-0.2, -0.15) is 0 Å². The molecular weight excluding hydrogens is 282 g/mol. The van der Waals surface area contributed by atoms with Gasteiger partial charge in [0.25, 0.3) is 0 Å². The van der Waals surface area contributed by atoms with Gasteiger partial charge in [0.05, 0.1) is 19.0 Å². The van der Waals surface area contributed by atoms with Crippen molar-refractivity contribution in [2.45, 2.75) is 121 Å². The van der Waals surface area contributed by atoms with Crippen LogP contribution in [0.25, 0.3) is 0 Å².